The summed E-state index contributed by atoms with van der Waals surface area (Å²) in [5, 5.41) is 9.23. The highest BCUT2D eigenvalue weighted by atomic mass is 32.1. The van der Waals surface area contributed by atoms with Gasteiger partial charge in [0, 0.05) is 30.2 Å². The van der Waals surface area contributed by atoms with Crippen LogP contribution >= 0.6 is 11.3 Å². The summed E-state index contributed by atoms with van der Waals surface area (Å²) >= 11 is 1.47. The van der Waals surface area contributed by atoms with Crippen LogP contribution in [0.2, 0.25) is 0 Å². The average molecular weight is 234 g/mol. The van der Waals surface area contributed by atoms with Gasteiger partial charge in [-0.2, -0.15) is 5.10 Å². The van der Waals surface area contributed by atoms with E-state index in [2.05, 4.69) is 15.2 Å². The normalized spacial score (nSPS) is 14.9. The van der Waals surface area contributed by atoms with E-state index in [0.717, 1.165) is 30.1 Å². The maximum atomic E-state index is 11.9. The lowest BCUT2D eigenvalue weighted by molar-refractivity contribution is 0.0646. The first-order valence-electron chi connectivity index (χ1n) is 5.08. The number of rotatable bonds is 2. The second-order valence-corrected chi connectivity index (χ2v) is 4.53. The highest BCUT2D eigenvalue weighted by Crippen LogP contribution is 2.23. The van der Waals surface area contributed by atoms with Crippen LogP contribution in [-0.4, -0.2) is 39.1 Å². The minimum Gasteiger partial charge on any atom is -0.337 e. The molecule has 5 nitrogen and oxygen atoms in total. The van der Waals surface area contributed by atoms with Gasteiger partial charge in [0.2, 0.25) is 0 Å². The summed E-state index contributed by atoms with van der Waals surface area (Å²) in [5.41, 5.74) is 1.47. The standard InChI is InChI=1S/C10H10N4OS/c15-10(14-2-1-3-14)8-6-16-9(13-8)7-4-11-12-5-7/h4-6H,1-3H2,(H,11,12). The van der Waals surface area contributed by atoms with Gasteiger partial charge in [-0.15, -0.1) is 11.3 Å². The molecule has 1 amide bonds. The van der Waals surface area contributed by atoms with Gasteiger partial charge in [-0.1, -0.05) is 0 Å². The Morgan fingerprint density at radius 3 is 3.00 bits per heavy atom. The molecule has 0 saturated carbocycles. The number of carbonyl (C=O) groups excluding carboxylic acids is 1. The minimum absolute atomic E-state index is 0.0391. The molecule has 1 fully saturated rings. The Labute approximate surface area is 96.1 Å². The van der Waals surface area contributed by atoms with E-state index >= 15 is 0 Å². The SMILES string of the molecule is O=C(c1csc(-c2cn[nH]c2)n1)N1CCC1. The third kappa shape index (κ3) is 1.51. The number of H-pyrrole nitrogens is 1. The van der Waals surface area contributed by atoms with Crippen LogP contribution in [0.15, 0.2) is 17.8 Å². The Hall–Kier alpha value is -1.69. The zero-order valence-corrected chi connectivity index (χ0v) is 9.33. The number of thiazole rings is 1. The van der Waals surface area contributed by atoms with Crippen LogP contribution < -0.4 is 0 Å². The Morgan fingerprint density at radius 2 is 2.38 bits per heavy atom. The molecule has 0 radical (unpaired) electrons. The van der Waals surface area contributed by atoms with E-state index in [1.54, 1.807) is 12.4 Å². The molecule has 2 aromatic heterocycles. The lowest BCUT2D eigenvalue weighted by Gasteiger charge is -2.29. The van der Waals surface area contributed by atoms with E-state index in [9.17, 15) is 4.79 Å². The first-order valence-corrected chi connectivity index (χ1v) is 5.96. The number of aromatic nitrogens is 3. The highest BCUT2D eigenvalue weighted by Gasteiger charge is 2.23. The molecule has 82 valence electrons. The molecule has 6 heteroatoms. The quantitative estimate of drug-likeness (QED) is 0.853. The summed E-state index contributed by atoms with van der Waals surface area (Å²) < 4.78 is 0. The van der Waals surface area contributed by atoms with Crippen molar-refractivity contribution < 1.29 is 4.79 Å². The van der Waals surface area contributed by atoms with Crippen molar-refractivity contribution in [1.29, 1.82) is 0 Å². The third-order valence-corrected chi connectivity index (χ3v) is 3.50. The zero-order chi connectivity index (χ0) is 11.0. The molecule has 1 aliphatic rings. The number of aromatic amines is 1. The van der Waals surface area contributed by atoms with Gasteiger partial charge < -0.3 is 4.90 Å². The van der Waals surface area contributed by atoms with Gasteiger partial charge in [-0.3, -0.25) is 9.89 Å². The Balaban J connectivity index is 1.84. The van der Waals surface area contributed by atoms with Crippen LogP contribution in [0, 0.1) is 0 Å². The second kappa shape index (κ2) is 3.71. The van der Waals surface area contributed by atoms with E-state index in [4.69, 9.17) is 0 Å². The lowest BCUT2D eigenvalue weighted by Crippen LogP contribution is -2.42. The fourth-order valence-electron chi connectivity index (χ4n) is 1.55. The Morgan fingerprint density at radius 1 is 1.50 bits per heavy atom. The molecule has 3 rings (SSSR count). The number of likely N-dealkylation sites (tertiary alicyclic amines) is 1. The first kappa shape index (κ1) is 9.53. The Kier molecular flexibility index (Phi) is 2.21. The smallest absolute Gasteiger partial charge is 0.273 e. The number of hydrogen-bond acceptors (Lipinski definition) is 4. The molecule has 0 aliphatic carbocycles. The number of hydrogen-bond donors (Lipinski definition) is 1. The van der Waals surface area contributed by atoms with Crippen molar-refractivity contribution in [2.45, 2.75) is 6.42 Å². The molecule has 16 heavy (non-hydrogen) atoms. The van der Waals surface area contributed by atoms with Crippen LogP contribution in [-0.2, 0) is 0 Å². The van der Waals surface area contributed by atoms with Crippen molar-refractivity contribution >= 4 is 17.2 Å². The molecular weight excluding hydrogens is 224 g/mol. The fraction of sp³-hybridized carbons (Fsp3) is 0.300. The molecule has 1 saturated heterocycles. The minimum atomic E-state index is 0.0391. The lowest BCUT2D eigenvalue weighted by atomic mass is 10.2. The van der Waals surface area contributed by atoms with Gasteiger partial charge in [-0.25, -0.2) is 4.98 Å². The summed E-state index contributed by atoms with van der Waals surface area (Å²) in [5.74, 6) is 0.0391. The van der Waals surface area contributed by atoms with Gasteiger partial charge in [0.15, 0.2) is 0 Å². The molecule has 0 spiro atoms. The van der Waals surface area contributed by atoms with Gasteiger partial charge in [0.05, 0.1) is 6.20 Å². The monoisotopic (exact) mass is 234 g/mol. The van der Waals surface area contributed by atoms with Crippen LogP contribution in [0.25, 0.3) is 10.6 Å². The molecule has 3 heterocycles. The van der Waals surface area contributed by atoms with E-state index in [1.165, 1.54) is 11.3 Å². The summed E-state index contributed by atoms with van der Waals surface area (Å²) in [6.45, 7) is 1.72. The predicted octanol–water partition coefficient (Wildman–Crippen LogP) is 1.38. The third-order valence-electron chi connectivity index (χ3n) is 2.61. The number of carbonyl (C=O) groups is 1. The zero-order valence-electron chi connectivity index (χ0n) is 8.51. The van der Waals surface area contributed by atoms with Crippen molar-refractivity contribution in [3.05, 3.63) is 23.5 Å². The molecule has 2 aromatic rings. The largest absolute Gasteiger partial charge is 0.337 e. The van der Waals surface area contributed by atoms with Gasteiger partial charge in [0.25, 0.3) is 5.91 Å². The molecule has 1 aliphatic heterocycles. The average Bonchev–Trinajstić information content (AvgIpc) is 2.86. The van der Waals surface area contributed by atoms with Crippen LogP contribution in [0.4, 0.5) is 0 Å². The van der Waals surface area contributed by atoms with E-state index < -0.39 is 0 Å². The molecule has 0 bridgehead atoms. The van der Waals surface area contributed by atoms with Crippen LogP contribution in [0.1, 0.15) is 16.9 Å². The number of amides is 1. The fourth-order valence-corrected chi connectivity index (χ4v) is 2.33. The van der Waals surface area contributed by atoms with Gasteiger partial charge >= 0.3 is 0 Å². The van der Waals surface area contributed by atoms with Gasteiger partial charge in [-0.05, 0) is 6.42 Å². The number of nitrogens with one attached hydrogen (secondary N) is 1. The number of nitrogens with zero attached hydrogens (tertiary/aromatic N) is 3. The summed E-state index contributed by atoms with van der Waals surface area (Å²) in [7, 11) is 0. The molecular formula is C10H10N4OS. The maximum absolute atomic E-state index is 11.9. The van der Waals surface area contributed by atoms with Crippen LogP contribution in [0.5, 0.6) is 0 Å². The van der Waals surface area contributed by atoms with E-state index in [1.807, 2.05) is 10.3 Å². The van der Waals surface area contributed by atoms with E-state index in [-0.39, 0.29) is 5.91 Å². The second-order valence-electron chi connectivity index (χ2n) is 3.67. The molecule has 0 aromatic carbocycles. The van der Waals surface area contributed by atoms with Gasteiger partial charge in [0.1, 0.15) is 10.7 Å². The van der Waals surface area contributed by atoms with Crippen molar-refractivity contribution in [2.75, 3.05) is 13.1 Å². The highest BCUT2D eigenvalue weighted by molar-refractivity contribution is 7.13. The van der Waals surface area contributed by atoms with Crippen molar-refractivity contribution in [3.63, 3.8) is 0 Å². The first-order chi connectivity index (χ1) is 7.84. The predicted molar refractivity (Wildman–Crippen MR) is 60.2 cm³/mol. The molecule has 0 atom stereocenters. The van der Waals surface area contributed by atoms with Crippen molar-refractivity contribution in [2.24, 2.45) is 0 Å². The summed E-state index contributed by atoms with van der Waals surface area (Å²) in [4.78, 5) is 18.0. The summed E-state index contributed by atoms with van der Waals surface area (Å²) in [6, 6.07) is 0. The van der Waals surface area contributed by atoms with Crippen molar-refractivity contribution in [1.82, 2.24) is 20.1 Å². The van der Waals surface area contributed by atoms with E-state index in [0.29, 0.717) is 5.69 Å². The molecule has 0 unspecified atom stereocenters. The Bertz CT molecular complexity index is 501. The molecule has 1 N–H and O–H groups in total. The van der Waals surface area contributed by atoms with Crippen molar-refractivity contribution in [3.8, 4) is 10.6 Å². The maximum Gasteiger partial charge on any atom is 0.273 e. The van der Waals surface area contributed by atoms with Crippen LogP contribution in [0.3, 0.4) is 0 Å². The summed E-state index contributed by atoms with van der Waals surface area (Å²) in [6.07, 6.45) is 4.58. The topological polar surface area (TPSA) is 61.9 Å².